The van der Waals surface area contributed by atoms with Gasteiger partial charge in [-0.3, -0.25) is 0 Å². The zero-order valence-corrected chi connectivity index (χ0v) is 10.9. The Bertz CT molecular complexity index is 320. The van der Waals surface area contributed by atoms with Crippen molar-refractivity contribution in [2.24, 2.45) is 11.1 Å². The van der Waals surface area contributed by atoms with Gasteiger partial charge >= 0.3 is 0 Å². The van der Waals surface area contributed by atoms with Crippen molar-refractivity contribution in [2.45, 2.75) is 39.7 Å². The summed E-state index contributed by atoms with van der Waals surface area (Å²) in [6, 6.07) is 0. The van der Waals surface area contributed by atoms with Gasteiger partial charge in [0, 0.05) is 18.6 Å². The molecule has 0 spiro atoms. The van der Waals surface area contributed by atoms with Gasteiger partial charge in [-0.15, -0.1) is 0 Å². The summed E-state index contributed by atoms with van der Waals surface area (Å²) in [6.45, 7) is 8.94. The standard InChI is InChI=1S/C10H22N2O2S/c1-9(2,3)5-6-15(13,14)12-7-10(4,11)8-12/h5-8,11H2,1-4H3. The first-order valence-electron chi connectivity index (χ1n) is 5.29. The van der Waals surface area contributed by atoms with Gasteiger partial charge in [-0.2, -0.15) is 4.31 Å². The van der Waals surface area contributed by atoms with Crippen LogP contribution in [0.2, 0.25) is 0 Å². The van der Waals surface area contributed by atoms with E-state index < -0.39 is 10.0 Å². The molecule has 0 aromatic rings. The first-order valence-corrected chi connectivity index (χ1v) is 6.90. The number of hydrogen-bond donors (Lipinski definition) is 1. The molecule has 4 nitrogen and oxygen atoms in total. The average molecular weight is 234 g/mol. The number of hydrogen-bond acceptors (Lipinski definition) is 3. The van der Waals surface area contributed by atoms with Crippen LogP contribution in [0.3, 0.4) is 0 Å². The third-order valence-corrected chi connectivity index (χ3v) is 4.34. The van der Waals surface area contributed by atoms with Crippen LogP contribution >= 0.6 is 0 Å². The highest BCUT2D eigenvalue weighted by Gasteiger charge is 2.41. The summed E-state index contributed by atoms with van der Waals surface area (Å²) in [5.41, 5.74) is 5.52. The first kappa shape index (κ1) is 12.9. The Morgan fingerprint density at radius 2 is 1.80 bits per heavy atom. The summed E-state index contributed by atoms with van der Waals surface area (Å²) >= 11 is 0. The first-order chi connectivity index (χ1) is 6.52. The molecule has 0 aromatic heterocycles. The summed E-state index contributed by atoms with van der Waals surface area (Å²) in [7, 11) is -3.07. The normalized spacial score (nSPS) is 22.5. The molecule has 0 amide bonds. The molecule has 1 fully saturated rings. The van der Waals surface area contributed by atoms with Crippen LogP contribution in [0, 0.1) is 5.41 Å². The molecule has 1 heterocycles. The second kappa shape index (κ2) is 3.71. The molecule has 0 atom stereocenters. The molecule has 1 saturated heterocycles. The molecule has 15 heavy (non-hydrogen) atoms. The lowest BCUT2D eigenvalue weighted by atomic mass is 9.94. The maximum Gasteiger partial charge on any atom is 0.214 e. The highest BCUT2D eigenvalue weighted by molar-refractivity contribution is 7.89. The smallest absolute Gasteiger partial charge is 0.214 e. The van der Waals surface area contributed by atoms with Gasteiger partial charge in [0.1, 0.15) is 0 Å². The molecular weight excluding hydrogens is 212 g/mol. The molecule has 1 aliphatic rings. The molecule has 0 aliphatic carbocycles. The van der Waals surface area contributed by atoms with Crippen LogP contribution in [0.25, 0.3) is 0 Å². The molecule has 0 radical (unpaired) electrons. The molecule has 1 aliphatic heterocycles. The van der Waals surface area contributed by atoms with Crippen molar-refractivity contribution in [1.29, 1.82) is 0 Å². The maximum atomic E-state index is 11.8. The fourth-order valence-corrected chi connectivity index (χ4v) is 3.63. The van der Waals surface area contributed by atoms with E-state index in [4.69, 9.17) is 5.73 Å². The molecule has 0 unspecified atom stereocenters. The van der Waals surface area contributed by atoms with Gasteiger partial charge in [-0.1, -0.05) is 20.8 Å². The van der Waals surface area contributed by atoms with Crippen LogP contribution in [0.1, 0.15) is 34.1 Å². The van der Waals surface area contributed by atoms with Crippen LogP contribution in [-0.2, 0) is 10.0 Å². The monoisotopic (exact) mass is 234 g/mol. The highest BCUT2D eigenvalue weighted by Crippen LogP contribution is 2.25. The lowest BCUT2D eigenvalue weighted by molar-refractivity contribution is 0.175. The molecule has 5 heteroatoms. The predicted octanol–water partition coefficient (Wildman–Crippen LogP) is 0.785. The van der Waals surface area contributed by atoms with Gasteiger partial charge in [0.25, 0.3) is 0 Å². The molecule has 2 N–H and O–H groups in total. The van der Waals surface area contributed by atoms with E-state index in [9.17, 15) is 8.42 Å². The molecule has 0 saturated carbocycles. The molecule has 0 bridgehead atoms. The average Bonchev–Trinajstić information content (AvgIpc) is 1.95. The lowest BCUT2D eigenvalue weighted by Crippen LogP contribution is -2.67. The zero-order chi connectivity index (χ0) is 11.9. The van der Waals surface area contributed by atoms with Crippen molar-refractivity contribution in [3.05, 3.63) is 0 Å². The number of sulfonamides is 1. The second-order valence-electron chi connectivity index (χ2n) is 6.05. The summed E-state index contributed by atoms with van der Waals surface area (Å²) in [5.74, 6) is 0.229. The zero-order valence-electron chi connectivity index (χ0n) is 10.1. The van der Waals surface area contributed by atoms with Crippen molar-refractivity contribution < 1.29 is 8.42 Å². The minimum atomic E-state index is -3.07. The van der Waals surface area contributed by atoms with Crippen LogP contribution in [0.5, 0.6) is 0 Å². The van der Waals surface area contributed by atoms with Crippen molar-refractivity contribution in [2.75, 3.05) is 18.8 Å². The molecule has 0 aromatic carbocycles. The van der Waals surface area contributed by atoms with Gasteiger partial charge < -0.3 is 5.73 Å². The van der Waals surface area contributed by atoms with Crippen LogP contribution in [0.15, 0.2) is 0 Å². The van der Waals surface area contributed by atoms with E-state index in [1.807, 2.05) is 27.7 Å². The molecular formula is C10H22N2O2S. The fraction of sp³-hybridized carbons (Fsp3) is 1.00. The van der Waals surface area contributed by atoms with Gasteiger partial charge in [-0.05, 0) is 18.8 Å². The van der Waals surface area contributed by atoms with Gasteiger partial charge in [-0.25, -0.2) is 8.42 Å². The number of nitrogens with zero attached hydrogens (tertiary/aromatic N) is 1. The van der Waals surface area contributed by atoms with Gasteiger partial charge in [0.15, 0.2) is 0 Å². The minimum absolute atomic E-state index is 0.0595. The van der Waals surface area contributed by atoms with E-state index in [1.54, 1.807) is 0 Å². The summed E-state index contributed by atoms with van der Waals surface area (Å²) in [4.78, 5) is 0. The third kappa shape index (κ3) is 3.74. The highest BCUT2D eigenvalue weighted by atomic mass is 32.2. The number of nitrogens with two attached hydrogens (primary N) is 1. The van der Waals surface area contributed by atoms with Crippen LogP contribution < -0.4 is 5.73 Å². The van der Waals surface area contributed by atoms with E-state index in [0.29, 0.717) is 19.5 Å². The van der Waals surface area contributed by atoms with E-state index in [1.165, 1.54) is 4.31 Å². The van der Waals surface area contributed by atoms with Crippen molar-refractivity contribution in [3.63, 3.8) is 0 Å². The Morgan fingerprint density at radius 3 is 2.13 bits per heavy atom. The largest absolute Gasteiger partial charge is 0.323 e. The van der Waals surface area contributed by atoms with Crippen LogP contribution in [0.4, 0.5) is 0 Å². The van der Waals surface area contributed by atoms with Gasteiger partial charge in [0.2, 0.25) is 10.0 Å². The van der Waals surface area contributed by atoms with E-state index in [0.717, 1.165) is 0 Å². The third-order valence-electron chi connectivity index (χ3n) is 2.58. The lowest BCUT2D eigenvalue weighted by Gasteiger charge is -2.44. The topological polar surface area (TPSA) is 63.4 Å². The van der Waals surface area contributed by atoms with E-state index >= 15 is 0 Å². The summed E-state index contributed by atoms with van der Waals surface area (Å²) in [5, 5.41) is 0. The maximum absolute atomic E-state index is 11.8. The second-order valence-corrected chi connectivity index (χ2v) is 8.14. The minimum Gasteiger partial charge on any atom is -0.323 e. The number of rotatable bonds is 3. The van der Waals surface area contributed by atoms with E-state index in [2.05, 4.69) is 0 Å². The predicted molar refractivity (Wildman–Crippen MR) is 62.0 cm³/mol. The Morgan fingerprint density at radius 1 is 1.33 bits per heavy atom. The Labute approximate surface area is 92.9 Å². The Balaban J connectivity index is 2.48. The van der Waals surface area contributed by atoms with Gasteiger partial charge in [0.05, 0.1) is 5.75 Å². The van der Waals surface area contributed by atoms with Crippen molar-refractivity contribution >= 4 is 10.0 Å². The van der Waals surface area contributed by atoms with E-state index in [-0.39, 0.29) is 16.7 Å². The summed E-state index contributed by atoms with van der Waals surface area (Å²) < 4.78 is 25.1. The van der Waals surface area contributed by atoms with Crippen molar-refractivity contribution in [3.8, 4) is 0 Å². The van der Waals surface area contributed by atoms with Crippen LogP contribution in [-0.4, -0.2) is 37.1 Å². The fourth-order valence-electron chi connectivity index (χ4n) is 1.52. The summed E-state index contributed by atoms with van der Waals surface area (Å²) in [6.07, 6.45) is 0.688. The van der Waals surface area contributed by atoms with Crippen molar-refractivity contribution in [1.82, 2.24) is 4.31 Å². The Hall–Kier alpha value is -0.130. The Kier molecular flexibility index (Phi) is 3.20. The SMILES string of the molecule is CC(C)(C)CCS(=O)(=O)N1CC(C)(N)C1. The molecule has 1 rings (SSSR count). The molecule has 90 valence electrons. The quantitative estimate of drug-likeness (QED) is 0.785.